The summed E-state index contributed by atoms with van der Waals surface area (Å²) in [5.74, 6) is 1.88. The highest BCUT2D eigenvalue weighted by molar-refractivity contribution is 4.87. The lowest BCUT2D eigenvalue weighted by Gasteiger charge is -2.41. The molecule has 0 aromatic carbocycles. The third-order valence-corrected chi connectivity index (χ3v) is 5.56. The van der Waals surface area contributed by atoms with Gasteiger partial charge < -0.3 is 10.0 Å². The Morgan fingerprint density at radius 3 is 2.58 bits per heavy atom. The highest BCUT2D eigenvalue weighted by Crippen LogP contribution is 2.35. The first-order valence-electron chi connectivity index (χ1n) is 8.54. The predicted octanol–water partition coefficient (Wildman–Crippen LogP) is 3.68. The molecule has 1 heterocycles. The van der Waals surface area contributed by atoms with E-state index < -0.39 is 0 Å². The molecule has 0 spiro atoms. The van der Waals surface area contributed by atoms with Crippen molar-refractivity contribution in [1.82, 2.24) is 4.90 Å². The van der Waals surface area contributed by atoms with Gasteiger partial charge in [-0.15, -0.1) is 0 Å². The van der Waals surface area contributed by atoms with Gasteiger partial charge >= 0.3 is 0 Å². The van der Waals surface area contributed by atoms with Crippen LogP contribution in [-0.4, -0.2) is 35.2 Å². The van der Waals surface area contributed by atoms with Gasteiger partial charge in [0.1, 0.15) is 0 Å². The molecule has 5 atom stereocenters. The van der Waals surface area contributed by atoms with E-state index in [0.29, 0.717) is 17.8 Å². The van der Waals surface area contributed by atoms with E-state index in [0.717, 1.165) is 19.0 Å². The molecule has 5 unspecified atom stereocenters. The third kappa shape index (κ3) is 3.95. The second-order valence-corrected chi connectivity index (χ2v) is 7.19. The van der Waals surface area contributed by atoms with Crippen molar-refractivity contribution in [1.29, 1.82) is 0 Å². The van der Waals surface area contributed by atoms with Crippen LogP contribution in [0.25, 0.3) is 0 Å². The van der Waals surface area contributed by atoms with E-state index in [2.05, 4.69) is 25.7 Å². The van der Waals surface area contributed by atoms with E-state index in [4.69, 9.17) is 0 Å². The fraction of sp³-hybridized carbons (Fsp3) is 1.00. The standard InChI is InChI=1S/C17H33NO/c1-4-15-8-6-5-7-9-18(15)12-16-14(3)10-13(2)11-17(16)19/h13-17,19H,4-12H2,1-3H3. The van der Waals surface area contributed by atoms with Crippen molar-refractivity contribution in [2.75, 3.05) is 13.1 Å². The van der Waals surface area contributed by atoms with Gasteiger partial charge in [-0.1, -0.05) is 33.6 Å². The van der Waals surface area contributed by atoms with E-state index in [9.17, 15) is 5.11 Å². The zero-order valence-electron chi connectivity index (χ0n) is 13.1. The Bertz CT molecular complexity index is 256. The smallest absolute Gasteiger partial charge is 0.0585 e. The molecule has 2 nitrogen and oxygen atoms in total. The number of aliphatic hydroxyl groups is 1. The summed E-state index contributed by atoms with van der Waals surface area (Å²) in [7, 11) is 0. The van der Waals surface area contributed by atoms with Crippen molar-refractivity contribution in [2.24, 2.45) is 17.8 Å². The molecular weight excluding hydrogens is 234 g/mol. The maximum atomic E-state index is 10.4. The van der Waals surface area contributed by atoms with Crippen LogP contribution in [0.3, 0.4) is 0 Å². The van der Waals surface area contributed by atoms with Crippen LogP contribution < -0.4 is 0 Å². The van der Waals surface area contributed by atoms with Crippen LogP contribution in [-0.2, 0) is 0 Å². The van der Waals surface area contributed by atoms with Gasteiger partial charge in [-0.3, -0.25) is 0 Å². The summed E-state index contributed by atoms with van der Waals surface area (Å²) in [6.45, 7) is 9.35. The second kappa shape index (κ2) is 7.08. The first-order valence-corrected chi connectivity index (χ1v) is 8.54. The Kier molecular flexibility index (Phi) is 5.70. The number of hydrogen-bond acceptors (Lipinski definition) is 2. The van der Waals surface area contributed by atoms with Gasteiger partial charge in [-0.2, -0.15) is 0 Å². The van der Waals surface area contributed by atoms with Crippen LogP contribution >= 0.6 is 0 Å². The van der Waals surface area contributed by atoms with E-state index in [1.165, 1.54) is 45.1 Å². The van der Waals surface area contributed by atoms with E-state index in [1.54, 1.807) is 0 Å². The van der Waals surface area contributed by atoms with Gasteiger partial charge in [-0.05, 0) is 50.5 Å². The molecule has 1 aliphatic heterocycles. The minimum Gasteiger partial charge on any atom is -0.393 e. The van der Waals surface area contributed by atoms with Crippen LogP contribution in [0, 0.1) is 17.8 Å². The molecule has 19 heavy (non-hydrogen) atoms. The quantitative estimate of drug-likeness (QED) is 0.843. The van der Waals surface area contributed by atoms with Gasteiger partial charge in [0.05, 0.1) is 6.10 Å². The fourth-order valence-corrected chi connectivity index (χ4v) is 4.38. The van der Waals surface area contributed by atoms with Crippen molar-refractivity contribution >= 4 is 0 Å². The number of likely N-dealkylation sites (tertiary alicyclic amines) is 1. The van der Waals surface area contributed by atoms with E-state index in [1.807, 2.05) is 0 Å². The highest BCUT2D eigenvalue weighted by Gasteiger charge is 2.35. The zero-order chi connectivity index (χ0) is 13.8. The summed E-state index contributed by atoms with van der Waals surface area (Å²) >= 11 is 0. The number of hydrogen-bond donors (Lipinski definition) is 1. The molecule has 1 saturated heterocycles. The van der Waals surface area contributed by atoms with Crippen LogP contribution in [0.4, 0.5) is 0 Å². The predicted molar refractivity (Wildman–Crippen MR) is 81.2 cm³/mol. The fourth-order valence-electron chi connectivity index (χ4n) is 4.38. The Labute approximate surface area is 119 Å². The molecule has 0 aromatic heterocycles. The van der Waals surface area contributed by atoms with E-state index >= 15 is 0 Å². The van der Waals surface area contributed by atoms with Crippen molar-refractivity contribution < 1.29 is 5.11 Å². The van der Waals surface area contributed by atoms with Crippen LogP contribution in [0.1, 0.15) is 65.7 Å². The average molecular weight is 267 g/mol. The number of nitrogens with zero attached hydrogens (tertiary/aromatic N) is 1. The van der Waals surface area contributed by atoms with Crippen LogP contribution in [0.2, 0.25) is 0 Å². The SMILES string of the molecule is CCC1CCCCCN1CC1C(C)CC(C)CC1O. The van der Waals surface area contributed by atoms with Crippen molar-refractivity contribution in [3.8, 4) is 0 Å². The lowest BCUT2D eigenvalue weighted by atomic mass is 9.73. The van der Waals surface area contributed by atoms with Crippen LogP contribution in [0.5, 0.6) is 0 Å². The number of rotatable bonds is 3. The topological polar surface area (TPSA) is 23.5 Å². The highest BCUT2D eigenvalue weighted by atomic mass is 16.3. The Hall–Kier alpha value is -0.0800. The molecule has 2 rings (SSSR count). The number of aliphatic hydroxyl groups excluding tert-OH is 1. The van der Waals surface area contributed by atoms with Crippen LogP contribution in [0.15, 0.2) is 0 Å². The van der Waals surface area contributed by atoms with Crippen molar-refractivity contribution in [3.63, 3.8) is 0 Å². The molecule has 2 heteroatoms. The summed E-state index contributed by atoms with van der Waals surface area (Å²) < 4.78 is 0. The molecule has 0 bridgehead atoms. The normalized spacial score (nSPS) is 42.0. The summed E-state index contributed by atoms with van der Waals surface area (Å²) in [4.78, 5) is 2.70. The monoisotopic (exact) mass is 267 g/mol. The van der Waals surface area contributed by atoms with Gasteiger partial charge in [0.2, 0.25) is 0 Å². The molecule has 2 aliphatic rings. The largest absolute Gasteiger partial charge is 0.393 e. The molecule has 0 radical (unpaired) electrons. The van der Waals surface area contributed by atoms with Gasteiger partial charge in [0, 0.05) is 18.5 Å². The second-order valence-electron chi connectivity index (χ2n) is 7.19. The molecule has 0 aromatic rings. The summed E-state index contributed by atoms with van der Waals surface area (Å²) in [6.07, 6.45) is 9.02. The molecule has 112 valence electrons. The Morgan fingerprint density at radius 2 is 1.89 bits per heavy atom. The molecule has 1 saturated carbocycles. The van der Waals surface area contributed by atoms with E-state index in [-0.39, 0.29) is 6.10 Å². The van der Waals surface area contributed by atoms with Crippen molar-refractivity contribution in [3.05, 3.63) is 0 Å². The molecular formula is C17H33NO. The maximum absolute atomic E-state index is 10.4. The Morgan fingerprint density at radius 1 is 1.11 bits per heavy atom. The minimum absolute atomic E-state index is 0.0699. The lowest BCUT2D eigenvalue weighted by Crippen LogP contribution is -2.45. The summed E-state index contributed by atoms with van der Waals surface area (Å²) in [5, 5.41) is 10.4. The first-order chi connectivity index (χ1) is 9.11. The Balaban J connectivity index is 1.97. The zero-order valence-corrected chi connectivity index (χ0v) is 13.1. The van der Waals surface area contributed by atoms with Gasteiger partial charge in [0.25, 0.3) is 0 Å². The van der Waals surface area contributed by atoms with Gasteiger partial charge in [-0.25, -0.2) is 0 Å². The molecule has 0 amide bonds. The van der Waals surface area contributed by atoms with Crippen molar-refractivity contribution in [2.45, 2.75) is 77.9 Å². The minimum atomic E-state index is -0.0699. The molecule has 1 aliphatic carbocycles. The molecule has 1 N–H and O–H groups in total. The average Bonchev–Trinajstić information content (AvgIpc) is 2.58. The molecule has 2 fully saturated rings. The third-order valence-electron chi connectivity index (χ3n) is 5.56. The van der Waals surface area contributed by atoms with Gasteiger partial charge in [0.15, 0.2) is 0 Å². The maximum Gasteiger partial charge on any atom is 0.0585 e. The summed E-state index contributed by atoms with van der Waals surface area (Å²) in [5.41, 5.74) is 0. The first kappa shape index (κ1) is 15.3. The summed E-state index contributed by atoms with van der Waals surface area (Å²) in [6, 6.07) is 0.765. The lowest BCUT2D eigenvalue weighted by molar-refractivity contribution is -0.00900.